The number of benzene rings is 1. The predicted octanol–water partition coefficient (Wildman–Crippen LogP) is 1.47. The van der Waals surface area contributed by atoms with E-state index in [-0.39, 0.29) is 5.75 Å². The Hall–Kier alpha value is -4.11. The number of hydrogen-bond donors (Lipinski definition) is 2. The monoisotopic (exact) mass is 477 g/mol. The Morgan fingerprint density at radius 1 is 1.03 bits per heavy atom. The lowest BCUT2D eigenvalue weighted by Crippen LogP contribution is -2.44. The molecule has 0 amide bonds. The molecule has 0 radical (unpaired) electrons. The molecule has 1 unspecified atom stereocenters. The van der Waals surface area contributed by atoms with Crippen molar-refractivity contribution in [3.8, 4) is 11.5 Å². The minimum atomic E-state index is -1.55. The van der Waals surface area contributed by atoms with Gasteiger partial charge in [-0.05, 0) is 50.8 Å². The van der Waals surface area contributed by atoms with Crippen LogP contribution in [0.25, 0.3) is 0 Å². The Balaban J connectivity index is 0.000000337. The molecule has 0 saturated carbocycles. The molecular formula is C17H23N3O13. The third kappa shape index (κ3) is 7.22. The third-order valence-corrected chi connectivity index (χ3v) is 4.94. The topological polar surface area (TPSA) is 224 Å². The van der Waals surface area contributed by atoms with Crippen molar-refractivity contribution in [2.24, 2.45) is 0 Å². The van der Waals surface area contributed by atoms with Gasteiger partial charge in [-0.25, -0.2) is 4.79 Å². The van der Waals surface area contributed by atoms with Crippen LogP contribution in [0.3, 0.4) is 0 Å². The number of carboxylic acids is 1. The van der Waals surface area contributed by atoms with Crippen LogP contribution >= 0.6 is 0 Å². The first-order valence-corrected chi connectivity index (χ1v) is 9.29. The van der Waals surface area contributed by atoms with Gasteiger partial charge in [0.05, 0.1) is 0 Å². The van der Waals surface area contributed by atoms with Crippen LogP contribution in [0, 0.1) is 51.1 Å². The lowest BCUT2D eigenvalue weighted by Gasteiger charge is -2.34. The van der Waals surface area contributed by atoms with Crippen LogP contribution in [-0.2, 0) is 25.7 Å². The highest BCUT2D eigenvalue weighted by Gasteiger charge is 2.40. The quantitative estimate of drug-likeness (QED) is 0.380. The van der Waals surface area contributed by atoms with Crippen LogP contribution in [-0.4, -0.2) is 56.4 Å². The van der Waals surface area contributed by atoms with Gasteiger partial charge >= 0.3 is 5.97 Å². The van der Waals surface area contributed by atoms with Crippen molar-refractivity contribution in [1.29, 1.82) is 0 Å². The van der Waals surface area contributed by atoms with Crippen LogP contribution in [0.4, 0.5) is 0 Å². The second-order valence-electron chi connectivity index (χ2n) is 7.16. The first-order valence-electron chi connectivity index (χ1n) is 9.29. The van der Waals surface area contributed by atoms with Gasteiger partial charge in [0.25, 0.3) is 15.3 Å². The number of carboxylic acid groups (broad SMARTS) is 1. The van der Waals surface area contributed by atoms with E-state index in [0.717, 1.165) is 22.3 Å². The van der Waals surface area contributed by atoms with E-state index in [1.54, 1.807) is 6.92 Å². The molecule has 1 atom stereocenters. The van der Waals surface area contributed by atoms with E-state index in [2.05, 4.69) is 14.5 Å². The highest BCUT2D eigenvalue weighted by Crippen LogP contribution is 2.43. The second-order valence-corrected chi connectivity index (χ2v) is 7.16. The van der Waals surface area contributed by atoms with E-state index in [1.165, 1.54) is 0 Å². The molecule has 184 valence electrons. The van der Waals surface area contributed by atoms with Gasteiger partial charge in [-0.15, -0.1) is 30.3 Å². The molecule has 1 heterocycles. The van der Waals surface area contributed by atoms with Crippen molar-refractivity contribution < 1.29 is 49.5 Å². The normalized spacial score (nSPS) is 16.4. The van der Waals surface area contributed by atoms with Gasteiger partial charge in [0.2, 0.25) is 5.60 Å². The fourth-order valence-electron chi connectivity index (χ4n) is 2.92. The molecule has 1 aliphatic heterocycles. The highest BCUT2D eigenvalue weighted by atomic mass is 17.0. The van der Waals surface area contributed by atoms with Gasteiger partial charge < -0.3 is 29.5 Å². The molecule has 33 heavy (non-hydrogen) atoms. The van der Waals surface area contributed by atoms with Gasteiger partial charge in [-0.3, -0.25) is 0 Å². The van der Waals surface area contributed by atoms with Crippen molar-refractivity contribution in [2.75, 3.05) is 13.2 Å². The molecule has 0 saturated heterocycles. The third-order valence-electron chi connectivity index (χ3n) is 4.94. The molecule has 0 fully saturated rings. The Kier molecular flexibility index (Phi) is 8.94. The van der Waals surface area contributed by atoms with E-state index in [0.29, 0.717) is 18.6 Å². The smallest absolute Gasteiger partial charge is 0.347 e. The fourth-order valence-corrected chi connectivity index (χ4v) is 2.92. The predicted molar refractivity (Wildman–Crippen MR) is 105 cm³/mol. The standard InChI is InChI=1S/C14H18O4.C3H5N3O9/c1-7-8(2)12-10(9(3)11(7)15)5-6-14(4,18-12)13(16)17;7-4(8)13-1-3(15-6(11)12)2-14-5(9)10/h15H,5-6H2,1-4H3,(H,16,17);3H,1-2H2. The maximum atomic E-state index is 11.3. The minimum Gasteiger partial charge on any atom is -0.507 e. The summed E-state index contributed by atoms with van der Waals surface area (Å²) >= 11 is 0. The summed E-state index contributed by atoms with van der Waals surface area (Å²) < 4.78 is 5.72. The number of phenolic OH excluding ortho intramolecular Hbond substituents is 1. The number of ether oxygens (including phenoxy) is 1. The Labute approximate surface area is 185 Å². The number of aliphatic carboxylic acids is 1. The van der Waals surface area contributed by atoms with Gasteiger partial charge in [0.1, 0.15) is 24.7 Å². The van der Waals surface area contributed by atoms with Gasteiger partial charge in [0.15, 0.2) is 6.10 Å². The SMILES string of the molecule is Cc1c(C)c2c(c(C)c1O)CCC(C)(C(=O)O)O2.O=[N+]([O-])OCC(CO[N+](=O)[O-])O[N+](=O)[O-]. The number of hydrogen-bond acceptors (Lipinski definition) is 12. The largest absolute Gasteiger partial charge is 0.507 e. The van der Waals surface area contributed by atoms with Crippen molar-refractivity contribution in [3.05, 3.63) is 52.6 Å². The van der Waals surface area contributed by atoms with Crippen LogP contribution in [0.1, 0.15) is 35.6 Å². The zero-order chi connectivity index (χ0) is 25.5. The molecule has 2 rings (SSSR count). The zero-order valence-electron chi connectivity index (χ0n) is 18.1. The van der Waals surface area contributed by atoms with Crippen LogP contribution in [0.5, 0.6) is 11.5 Å². The Bertz CT molecular complexity index is 917. The van der Waals surface area contributed by atoms with E-state index in [4.69, 9.17) is 4.74 Å². The molecule has 1 aromatic rings. The number of nitrogens with zero attached hydrogens (tertiary/aromatic N) is 3. The van der Waals surface area contributed by atoms with Crippen molar-refractivity contribution in [1.82, 2.24) is 0 Å². The maximum Gasteiger partial charge on any atom is 0.347 e. The second kappa shape index (κ2) is 11.0. The van der Waals surface area contributed by atoms with Gasteiger partial charge in [-0.1, -0.05) is 0 Å². The van der Waals surface area contributed by atoms with Crippen molar-refractivity contribution in [3.63, 3.8) is 0 Å². The lowest BCUT2D eigenvalue weighted by molar-refractivity contribution is -0.803. The van der Waals surface area contributed by atoms with Gasteiger partial charge in [-0.2, -0.15) is 0 Å². The molecule has 0 spiro atoms. The lowest BCUT2D eigenvalue weighted by atomic mass is 9.87. The number of rotatable bonds is 9. The fraction of sp³-hybridized carbons (Fsp3) is 0.588. The summed E-state index contributed by atoms with van der Waals surface area (Å²) in [7, 11) is 0. The minimum absolute atomic E-state index is 0.286. The molecular weight excluding hydrogens is 454 g/mol. The Morgan fingerprint density at radius 2 is 1.55 bits per heavy atom. The van der Waals surface area contributed by atoms with Crippen molar-refractivity contribution in [2.45, 2.75) is 52.2 Å². The average molecular weight is 477 g/mol. The molecule has 0 bridgehead atoms. The molecule has 1 aliphatic rings. The molecule has 16 nitrogen and oxygen atoms in total. The van der Waals surface area contributed by atoms with E-state index < -0.39 is 46.1 Å². The highest BCUT2D eigenvalue weighted by molar-refractivity contribution is 5.78. The summed E-state index contributed by atoms with van der Waals surface area (Å²) in [5.41, 5.74) is 2.11. The van der Waals surface area contributed by atoms with E-state index in [9.17, 15) is 45.4 Å². The van der Waals surface area contributed by atoms with Gasteiger partial charge in [0, 0.05) is 12.0 Å². The summed E-state index contributed by atoms with van der Waals surface area (Å²) in [6.45, 7) is 5.40. The van der Waals surface area contributed by atoms with Crippen LogP contribution < -0.4 is 4.74 Å². The summed E-state index contributed by atoms with van der Waals surface area (Å²) in [6, 6.07) is 0. The Morgan fingerprint density at radius 3 is 1.97 bits per heavy atom. The first-order chi connectivity index (χ1) is 15.2. The summed E-state index contributed by atoms with van der Waals surface area (Å²) in [5, 5.41) is 44.8. The molecule has 2 N–H and O–H groups in total. The molecule has 0 aromatic heterocycles. The number of phenols is 1. The maximum absolute atomic E-state index is 11.3. The molecule has 0 aliphatic carbocycles. The first kappa shape index (κ1) is 26.9. The average Bonchev–Trinajstić information content (AvgIpc) is 2.72. The van der Waals surface area contributed by atoms with Crippen molar-refractivity contribution >= 4 is 5.97 Å². The summed E-state index contributed by atoms with van der Waals surface area (Å²) in [5.74, 6) is -0.0383. The number of carbonyl (C=O) groups is 1. The van der Waals surface area contributed by atoms with Crippen LogP contribution in [0.2, 0.25) is 0 Å². The van der Waals surface area contributed by atoms with Crippen LogP contribution in [0.15, 0.2) is 0 Å². The number of fused-ring (bicyclic) bond motifs is 1. The molecule has 16 heteroatoms. The zero-order valence-corrected chi connectivity index (χ0v) is 18.1. The number of aromatic hydroxyl groups is 1. The molecule has 1 aromatic carbocycles. The summed E-state index contributed by atoms with van der Waals surface area (Å²) in [4.78, 5) is 51.8. The van der Waals surface area contributed by atoms with E-state index in [1.807, 2.05) is 20.8 Å². The summed E-state index contributed by atoms with van der Waals surface area (Å²) in [6.07, 6.45) is -0.521. The van der Waals surface area contributed by atoms with E-state index >= 15 is 0 Å².